The SMILES string of the molecule is C=C(C)C(=O)Oc1ccc(-c2ccc(-c3c(COC)cc(OC(=O)C(=C)C)cc3COC)cc2)c(F)c1. The van der Waals surface area contributed by atoms with Gasteiger partial charge in [0.05, 0.1) is 13.2 Å². The molecule has 3 rings (SSSR count). The number of hydrogen-bond acceptors (Lipinski definition) is 6. The number of ether oxygens (including phenoxy) is 4. The van der Waals surface area contributed by atoms with E-state index in [1.165, 1.54) is 19.1 Å². The summed E-state index contributed by atoms with van der Waals surface area (Å²) in [6.45, 7) is 10.8. The van der Waals surface area contributed by atoms with Crippen LogP contribution in [0.4, 0.5) is 4.39 Å². The Hall–Kier alpha value is -4.07. The summed E-state index contributed by atoms with van der Waals surface area (Å²) < 4.78 is 36.2. The molecule has 0 saturated carbocycles. The van der Waals surface area contributed by atoms with Crippen molar-refractivity contribution in [2.24, 2.45) is 0 Å². The van der Waals surface area contributed by atoms with E-state index in [0.29, 0.717) is 16.9 Å². The highest BCUT2D eigenvalue weighted by atomic mass is 19.1. The number of rotatable bonds is 10. The Kier molecular flexibility index (Phi) is 9.11. The van der Waals surface area contributed by atoms with E-state index in [0.717, 1.165) is 22.3 Å². The second-order valence-electron chi connectivity index (χ2n) is 8.54. The van der Waals surface area contributed by atoms with Crippen molar-refractivity contribution in [1.82, 2.24) is 0 Å². The first-order valence-corrected chi connectivity index (χ1v) is 11.4. The van der Waals surface area contributed by atoms with Crippen LogP contribution in [0, 0.1) is 5.82 Å². The highest BCUT2D eigenvalue weighted by molar-refractivity contribution is 5.89. The molecule has 0 atom stereocenters. The zero-order chi connectivity index (χ0) is 27.1. The average Bonchev–Trinajstić information content (AvgIpc) is 2.84. The Bertz CT molecular complexity index is 1310. The first-order chi connectivity index (χ1) is 17.6. The molecule has 3 aromatic rings. The maximum Gasteiger partial charge on any atom is 0.338 e. The van der Waals surface area contributed by atoms with Crippen LogP contribution >= 0.6 is 0 Å². The summed E-state index contributed by atoms with van der Waals surface area (Å²) in [7, 11) is 3.16. The summed E-state index contributed by atoms with van der Waals surface area (Å²) >= 11 is 0. The third kappa shape index (κ3) is 6.78. The number of esters is 2. The monoisotopic (exact) mass is 504 g/mol. The van der Waals surface area contributed by atoms with Gasteiger partial charge in [0, 0.05) is 37.0 Å². The van der Waals surface area contributed by atoms with Crippen molar-refractivity contribution in [2.45, 2.75) is 27.1 Å². The molecule has 0 amide bonds. The van der Waals surface area contributed by atoms with Crippen LogP contribution in [0.2, 0.25) is 0 Å². The van der Waals surface area contributed by atoms with E-state index in [-0.39, 0.29) is 30.1 Å². The molecule has 3 aromatic carbocycles. The Morgan fingerprint density at radius 1 is 0.730 bits per heavy atom. The molecule has 7 heteroatoms. The van der Waals surface area contributed by atoms with Crippen molar-refractivity contribution in [3.8, 4) is 33.8 Å². The summed E-state index contributed by atoms with van der Waals surface area (Å²) in [6.07, 6.45) is 0. The van der Waals surface area contributed by atoms with Gasteiger partial charge in [0.1, 0.15) is 17.3 Å². The summed E-state index contributed by atoms with van der Waals surface area (Å²) in [4.78, 5) is 23.8. The number of benzene rings is 3. The number of hydrogen-bond donors (Lipinski definition) is 0. The minimum atomic E-state index is -0.615. The second-order valence-corrected chi connectivity index (χ2v) is 8.54. The molecule has 0 saturated heterocycles. The highest BCUT2D eigenvalue weighted by Gasteiger charge is 2.17. The van der Waals surface area contributed by atoms with Gasteiger partial charge < -0.3 is 18.9 Å². The predicted molar refractivity (Wildman–Crippen MR) is 140 cm³/mol. The fourth-order valence-electron chi connectivity index (χ4n) is 3.70. The number of carbonyl (C=O) groups excluding carboxylic acids is 2. The van der Waals surface area contributed by atoms with Crippen LogP contribution in [0.5, 0.6) is 11.5 Å². The van der Waals surface area contributed by atoms with Crippen LogP contribution in [-0.4, -0.2) is 26.2 Å². The first-order valence-electron chi connectivity index (χ1n) is 11.4. The van der Waals surface area contributed by atoms with Crippen LogP contribution in [0.3, 0.4) is 0 Å². The van der Waals surface area contributed by atoms with Gasteiger partial charge in [0.15, 0.2) is 0 Å². The third-order valence-electron chi connectivity index (χ3n) is 5.42. The maximum absolute atomic E-state index is 14.9. The second kappa shape index (κ2) is 12.3. The van der Waals surface area contributed by atoms with Crippen molar-refractivity contribution < 1.29 is 32.9 Å². The van der Waals surface area contributed by atoms with Crippen LogP contribution in [0.15, 0.2) is 78.9 Å². The Morgan fingerprint density at radius 2 is 1.22 bits per heavy atom. The van der Waals surface area contributed by atoms with Crippen LogP contribution < -0.4 is 9.47 Å². The number of halogens is 1. The van der Waals surface area contributed by atoms with Gasteiger partial charge in [-0.1, -0.05) is 37.4 Å². The zero-order valence-electron chi connectivity index (χ0n) is 21.4. The number of methoxy groups -OCH3 is 2. The van der Waals surface area contributed by atoms with Gasteiger partial charge in [-0.3, -0.25) is 0 Å². The zero-order valence-corrected chi connectivity index (χ0v) is 21.4. The molecule has 0 aliphatic heterocycles. The Balaban J connectivity index is 1.98. The summed E-state index contributed by atoms with van der Waals surface area (Å²) in [5.74, 6) is -1.20. The standard InChI is InChI=1S/C30H29FO6/c1-18(2)29(32)36-24-11-12-26(27(31)15-24)20-7-9-21(10-8-20)28-22(16-34-5)13-25(14-23(28)17-35-6)37-30(33)19(3)4/h7-15H,1,3,16-17H2,2,4-6H3. The minimum Gasteiger partial charge on any atom is -0.423 e. The van der Waals surface area contributed by atoms with E-state index in [2.05, 4.69) is 13.2 Å². The lowest BCUT2D eigenvalue weighted by atomic mass is 9.92. The summed E-state index contributed by atoms with van der Waals surface area (Å²) in [6, 6.07) is 15.1. The summed E-state index contributed by atoms with van der Waals surface area (Å²) in [5, 5.41) is 0. The average molecular weight is 505 g/mol. The fraction of sp³-hybridized carbons (Fsp3) is 0.200. The Labute approximate surface area is 215 Å². The molecule has 0 aliphatic rings. The van der Waals surface area contributed by atoms with Gasteiger partial charge in [0.25, 0.3) is 0 Å². The molecule has 0 bridgehead atoms. The molecular weight excluding hydrogens is 475 g/mol. The van der Waals surface area contributed by atoms with E-state index in [1.54, 1.807) is 51.5 Å². The molecule has 0 fully saturated rings. The first kappa shape index (κ1) is 27.5. The van der Waals surface area contributed by atoms with Gasteiger partial charge in [0.2, 0.25) is 0 Å². The quantitative estimate of drug-likeness (QED) is 0.180. The smallest absolute Gasteiger partial charge is 0.338 e. The van der Waals surface area contributed by atoms with Crippen molar-refractivity contribution in [3.63, 3.8) is 0 Å². The third-order valence-corrected chi connectivity index (χ3v) is 5.42. The molecule has 0 aromatic heterocycles. The lowest BCUT2D eigenvalue weighted by Gasteiger charge is -2.17. The maximum atomic E-state index is 14.9. The van der Waals surface area contributed by atoms with Crippen molar-refractivity contribution in [2.75, 3.05) is 14.2 Å². The molecule has 0 radical (unpaired) electrons. The largest absolute Gasteiger partial charge is 0.423 e. The van der Waals surface area contributed by atoms with E-state index >= 15 is 0 Å². The Morgan fingerprint density at radius 3 is 1.68 bits per heavy atom. The van der Waals surface area contributed by atoms with Gasteiger partial charge in [-0.25, -0.2) is 14.0 Å². The summed E-state index contributed by atoms with van der Waals surface area (Å²) in [5.41, 5.74) is 4.83. The van der Waals surface area contributed by atoms with E-state index in [4.69, 9.17) is 18.9 Å². The minimum absolute atomic E-state index is 0.103. The molecule has 0 heterocycles. The molecule has 0 unspecified atom stereocenters. The van der Waals surface area contributed by atoms with Gasteiger partial charge in [-0.2, -0.15) is 0 Å². The predicted octanol–water partition coefficient (Wildman–Crippen LogP) is 6.42. The molecule has 0 spiro atoms. The molecule has 6 nitrogen and oxygen atoms in total. The topological polar surface area (TPSA) is 71.1 Å². The molecule has 0 aliphatic carbocycles. The van der Waals surface area contributed by atoms with Gasteiger partial charge >= 0.3 is 11.9 Å². The van der Waals surface area contributed by atoms with Crippen molar-refractivity contribution >= 4 is 11.9 Å². The molecule has 37 heavy (non-hydrogen) atoms. The van der Waals surface area contributed by atoms with Crippen molar-refractivity contribution in [1.29, 1.82) is 0 Å². The van der Waals surface area contributed by atoms with Crippen molar-refractivity contribution in [3.05, 3.63) is 95.8 Å². The highest BCUT2D eigenvalue weighted by Crippen LogP contribution is 2.35. The van der Waals surface area contributed by atoms with Gasteiger partial charge in [-0.05, 0) is 65.9 Å². The lowest BCUT2D eigenvalue weighted by molar-refractivity contribution is -0.130. The molecule has 192 valence electrons. The van der Waals surface area contributed by atoms with E-state index < -0.39 is 17.8 Å². The van der Waals surface area contributed by atoms with Crippen LogP contribution in [-0.2, 0) is 32.3 Å². The van der Waals surface area contributed by atoms with Gasteiger partial charge in [-0.15, -0.1) is 0 Å². The fourth-order valence-corrected chi connectivity index (χ4v) is 3.70. The molecule has 0 N–H and O–H groups in total. The van der Waals surface area contributed by atoms with E-state index in [9.17, 15) is 14.0 Å². The van der Waals surface area contributed by atoms with Crippen LogP contribution in [0.25, 0.3) is 22.3 Å². The van der Waals surface area contributed by atoms with Crippen LogP contribution in [0.1, 0.15) is 25.0 Å². The molecular formula is C30H29FO6. The lowest BCUT2D eigenvalue weighted by Crippen LogP contribution is -2.10. The number of carbonyl (C=O) groups is 2. The normalized spacial score (nSPS) is 10.6. The van der Waals surface area contributed by atoms with E-state index in [1.807, 2.05) is 12.1 Å².